The quantitative estimate of drug-likeness (QED) is 0.595. The summed E-state index contributed by atoms with van der Waals surface area (Å²) in [4.78, 5) is 30.6. The van der Waals surface area contributed by atoms with E-state index >= 15 is 0 Å². The van der Waals surface area contributed by atoms with Gasteiger partial charge in [0.1, 0.15) is 29.8 Å². The molecule has 2 N–H and O–H groups in total. The Bertz CT molecular complexity index is 938. The van der Waals surface area contributed by atoms with E-state index in [4.69, 9.17) is 14.8 Å². The van der Waals surface area contributed by atoms with E-state index < -0.39 is 17.7 Å². The Balaban J connectivity index is 1.63. The lowest BCUT2D eigenvalue weighted by molar-refractivity contribution is -0.137. The number of anilines is 1. The number of nitrogens with one attached hydrogen (secondary N) is 1. The molecule has 9 heteroatoms. The molecule has 0 aliphatic carbocycles. The van der Waals surface area contributed by atoms with Crippen LogP contribution in [-0.2, 0) is 9.59 Å². The topological polar surface area (TPSA) is 116 Å². The van der Waals surface area contributed by atoms with Crippen LogP contribution in [0.3, 0.4) is 0 Å². The lowest BCUT2D eigenvalue weighted by Gasteiger charge is -2.41. The van der Waals surface area contributed by atoms with Gasteiger partial charge in [0.2, 0.25) is 0 Å². The Morgan fingerprint density at radius 1 is 1.23 bits per heavy atom. The van der Waals surface area contributed by atoms with Crippen LogP contribution in [0.25, 0.3) is 0 Å². The Morgan fingerprint density at radius 3 is 2.55 bits per heavy atom. The van der Waals surface area contributed by atoms with Gasteiger partial charge in [-0.15, -0.1) is 5.10 Å². The predicted octanol–water partition coefficient (Wildman–Crippen LogP) is 2.97. The number of aliphatic carboxylic acids is 1. The first-order valence-corrected chi connectivity index (χ1v) is 10.6. The van der Waals surface area contributed by atoms with Crippen LogP contribution in [0, 0.1) is 0 Å². The summed E-state index contributed by atoms with van der Waals surface area (Å²) in [6, 6.07) is 6.35. The van der Waals surface area contributed by atoms with Gasteiger partial charge in [-0.1, -0.05) is 20.3 Å². The van der Waals surface area contributed by atoms with Gasteiger partial charge >= 0.3 is 5.97 Å². The van der Waals surface area contributed by atoms with E-state index in [0.717, 1.165) is 18.6 Å². The number of benzene rings is 1. The third kappa shape index (κ3) is 4.76. The number of ether oxygens (including phenoxy) is 1. The zero-order chi connectivity index (χ0) is 22.6. The molecular formula is C22H29N5O4. The van der Waals surface area contributed by atoms with E-state index in [1.807, 2.05) is 13.8 Å². The van der Waals surface area contributed by atoms with Crippen LogP contribution >= 0.6 is 0 Å². The minimum atomic E-state index is -0.921. The first-order chi connectivity index (χ1) is 14.8. The normalized spacial score (nSPS) is 21.1. The Kier molecular flexibility index (Phi) is 6.72. The van der Waals surface area contributed by atoms with Crippen LogP contribution in [0.4, 0.5) is 5.69 Å². The molecule has 2 aliphatic heterocycles. The number of nitrogens with zero attached hydrogens (tertiary/aromatic N) is 4. The van der Waals surface area contributed by atoms with Crippen molar-refractivity contribution in [3.8, 4) is 5.75 Å². The molecule has 2 heterocycles. The predicted molar refractivity (Wildman–Crippen MR) is 120 cm³/mol. The zero-order valence-corrected chi connectivity index (χ0v) is 18.4. The summed E-state index contributed by atoms with van der Waals surface area (Å²) < 4.78 is 5.82. The summed E-state index contributed by atoms with van der Waals surface area (Å²) in [6.45, 7) is 8.23. The number of amides is 1. The maximum absolute atomic E-state index is 13.1. The molecule has 3 rings (SSSR count). The van der Waals surface area contributed by atoms with Gasteiger partial charge in [-0.2, -0.15) is 5.10 Å². The molecular weight excluding hydrogens is 398 g/mol. The molecule has 2 atom stereocenters. The highest BCUT2D eigenvalue weighted by molar-refractivity contribution is 6.83. The summed E-state index contributed by atoms with van der Waals surface area (Å²) in [5, 5.41) is 20.1. The van der Waals surface area contributed by atoms with Crippen LogP contribution in [0.2, 0.25) is 0 Å². The van der Waals surface area contributed by atoms with E-state index in [1.165, 1.54) is 0 Å². The van der Waals surface area contributed by atoms with Crippen molar-refractivity contribution in [3.05, 3.63) is 24.3 Å². The Morgan fingerprint density at radius 2 is 1.94 bits per heavy atom. The van der Waals surface area contributed by atoms with Gasteiger partial charge in [-0.05, 0) is 51.0 Å². The molecule has 0 fully saturated rings. The third-order valence-corrected chi connectivity index (χ3v) is 5.50. The van der Waals surface area contributed by atoms with Crippen molar-refractivity contribution in [1.29, 1.82) is 0 Å². The van der Waals surface area contributed by atoms with Crippen LogP contribution < -0.4 is 10.1 Å². The molecule has 1 aromatic rings. The molecule has 0 saturated heterocycles. The second-order valence-corrected chi connectivity index (χ2v) is 7.81. The summed E-state index contributed by atoms with van der Waals surface area (Å²) >= 11 is 0. The molecule has 2 unspecified atom stereocenters. The van der Waals surface area contributed by atoms with Crippen molar-refractivity contribution >= 4 is 34.7 Å². The van der Waals surface area contributed by atoms with Crippen molar-refractivity contribution in [2.45, 2.75) is 58.7 Å². The van der Waals surface area contributed by atoms with E-state index in [0.29, 0.717) is 42.4 Å². The van der Waals surface area contributed by atoms with Crippen molar-refractivity contribution in [2.24, 2.45) is 15.2 Å². The number of rotatable bonds is 10. The van der Waals surface area contributed by atoms with Gasteiger partial charge in [0, 0.05) is 5.69 Å². The minimum Gasteiger partial charge on any atom is -0.492 e. The summed E-state index contributed by atoms with van der Waals surface area (Å²) in [5.74, 6) is -0.461. The Hall–Kier alpha value is -3.23. The summed E-state index contributed by atoms with van der Waals surface area (Å²) in [5.41, 5.74) is 1.75. The van der Waals surface area contributed by atoms with Crippen LogP contribution in [-0.4, -0.2) is 63.9 Å². The fourth-order valence-electron chi connectivity index (χ4n) is 3.48. The lowest BCUT2D eigenvalue weighted by Crippen LogP contribution is -2.58. The van der Waals surface area contributed by atoms with Crippen molar-refractivity contribution in [1.82, 2.24) is 4.90 Å². The molecule has 0 spiro atoms. The van der Waals surface area contributed by atoms with Crippen LogP contribution in [0.5, 0.6) is 5.75 Å². The average molecular weight is 428 g/mol. The third-order valence-electron chi connectivity index (χ3n) is 5.50. The highest BCUT2D eigenvalue weighted by Crippen LogP contribution is 2.28. The van der Waals surface area contributed by atoms with E-state index in [9.17, 15) is 9.59 Å². The smallest absolute Gasteiger partial charge is 0.325 e. The molecule has 0 aromatic heterocycles. The first kappa shape index (κ1) is 22.5. The zero-order valence-electron chi connectivity index (χ0n) is 18.4. The number of fused-ring (bicyclic) bond motifs is 1. The molecule has 0 radical (unpaired) electrons. The molecule has 2 aliphatic rings. The first-order valence-electron chi connectivity index (χ1n) is 10.6. The number of carboxylic acids is 1. The van der Waals surface area contributed by atoms with E-state index in [2.05, 4.69) is 22.4 Å². The summed E-state index contributed by atoms with van der Waals surface area (Å²) in [7, 11) is 0. The molecule has 1 aromatic carbocycles. The fourth-order valence-corrected chi connectivity index (χ4v) is 3.48. The number of aliphatic imine (C=N–C) groups is 1. The largest absolute Gasteiger partial charge is 0.492 e. The lowest BCUT2D eigenvalue weighted by atomic mass is 9.97. The molecule has 0 saturated carbocycles. The minimum absolute atomic E-state index is 0.171. The summed E-state index contributed by atoms with van der Waals surface area (Å²) in [6.07, 6.45) is 2.33. The standard InChI is InChI=1S/C22H29N5O4/c1-5-7-17-18-19(26-25-17)20(28)27(22(4,6-2)24-18)12-13-31-16-10-8-15(9-11-16)23-14(3)21(29)30/h8-11,14,23H,5-7,12-13H2,1-4H3,(H,29,30). The molecule has 166 valence electrons. The molecule has 31 heavy (non-hydrogen) atoms. The highest BCUT2D eigenvalue weighted by Gasteiger charge is 2.44. The van der Waals surface area contributed by atoms with Gasteiger partial charge in [-0.3, -0.25) is 14.6 Å². The SMILES string of the molecule is CCCC1=NN=C2C(=O)N(CCOc3ccc(NC(C)C(=O)O)cc3)C(C)(CC)N=C12. The van der Waals surface area contributed by atoms with Crippen molar-refractivity contribution < 1.29 is 19.4 Å². The monoisotopic (exact) mass is 427 g/mol. The highest BCUT2D eigenvalue weighted by atomic mass is 16.5. The molecule has 1 amide bonds. The molecule has 9 nitrogen and oxygen atoms in total. The van der Waals surface area contributed by atoms with Gasteiger partial charge in [0.15, 0.2) is 5.71 Å². The maximum Gasteiger partial charge on any atom is 0.325 e. The number of hydrogen-bond donors (Lipinski definition) is 2. The Labute approximate surface area is 181 Å². The average Bonchev–Trinajstić information content (AvgIpc) is 3.14. The second-order valence-electron chi connectivity index (χ2n) is 7.81. The number of carboxylic acid groups (broad SMARTS) is 1. The van der Waals surface area contributed by atoms with Gasteiger partial charge in [0.25, 0.3) is 5.91 Å². The van der Waals surface area contributed by atoms with E-state index in [1.54, 1.807) is 36.1 Å². The molecule has 0 bridgehead atoms. The second kappa shape index (κ2) is 9.28. The number of hydrogen-bond acceptors (Lipinski definition) is 7. The number of carbonyl (C=O) groups excluding carboxylic acids is 1. The van der Waals surface area contributed by atoms with E-state index in [-0.39, 0.29) is 5.91 Å². The van der Waals surface area contributed by atoms with Gasteiger partial charge in [0.05, 0.1) is 12.3 Å². The maximum atomic E-state index is 13.1. The fraction of sp³-hybridized carbons (Fsp3) is 0.500. The van der Waals surface area contributed by atoms with Gasteiger partial charge in [-0.25, -0.2) is 0 Å². The van der Waals surface area contributed by atoms with Crippen LogP contribution in [0.15, 0.2) is 39.5 Å². The van der Waals surface area contributed by atoms with Crippen LogP contribution in [0.1, 0.15) is 47.0 Å². The van der Waals surface area contributed by atoms with Crippen molar-refractivity contribution in [2.75, 3.05) is 18.5 Å². The number of carbonyl (C=O) groups is 2. The van der Waals surface area contributed by atoms with Crippen molar-refractivity contribution in [3.63, 3.8) is 0 Å². The van der Waals surface area contributed by atoms with Gasteiger partial charge < -0.3 is 20.1 Å².